The number of nitrogens with one attached hydrogen (secondary N) is 1. The Hall–Kier alpha value is -0.530. The molecule has 1 nitrogen and oxygen atoms in total. The van der Waals surface area contributed by atoms with Crippen LogP contribution >= 0.6 is 11.6 Å². The molecule has 3 atom stereocenters. The number of halogens is 1. The van der Waals surface area contributed by atoms with Crippen LogP contribution in [0.2, 0.25) is 5.02 Å². The fourth-order valence-corrected chi connectivity index (χ4v) is 3.67. The smallest absolute Gasteiger partial charge is 0.0409 e. The number of hydrogen-bond donors (Lipinski definition) is 1. The lowest BCUT2D eigenvalue weighted by Gasteiger charge is -2.22. The summed E-state index contributed by atoms with van der Waals surface area (Å²) in [6.07, 6.45) is 9.61. The lowest BCUT2D eigenvalue weighted by Crippen LogP contribution is -2.31. The molecule has 1 N–H and O–H groups in total. The van der Waals surface area contributed by atoms with E-state index in [0.717, 1.165) is 10.9 Å². The van der Waals surface area contributed by atoms with Gasteiger partial charge in [-0.15, -0.1) is 0 Å². The van der Waals surface area contributed by atoms with Crippen LogP contribution < -0.4 is 5.32 Å². The minimum atomic E-state index is 0.390. The van der Waals surface area contributed by atoms with Crippen LogP contribution in [-0.2, 0) is 0 Å². The SMILES string of the molecule is CCCC1CCCC(N[C@H](C)c2cccc(Cl)c2)CC1. The van der Waals surface area contributed by atoms with Gasteiger partial charge in [0.25, 0.3) is 0 Å². The predicted octanol–water partition coefficient (Wildman–Crippen LogP) is 5.74. The molecule has 0 amide bonds. The Kier molecular flexibility index (Phi) is 6.38. The van der Waals surface area contributed by atoms with Crippen molar-refractivity contribution >= 4 is 11.6 Å². The average Bonchev–Trinajstić information content (AvgIpc) is 2.65. The summed E-state index contributed by atoms with van der Waals surface area (Å²) >= 11 is 6.08. The van der Waals surface area contributed by atoms with Crippen molar-refractivity contribution in [2.24, 2.45) is 5.92 Å². The molecule has 1 aromatic rings. The molecule has 0 heterocycles. The highest BCUT2D eigenvalue weighted by Gasteiger charge is 2.20. The van der Waals surface area contributed by atoms with Crippen molar-refractivity contribution < 1.29 is 0 Å². The van der Waals surface area contributed by atoms with Gasteiger partial charge in [0.2, 0.25) is 0 Å². The Morgan fingerprint density at radius 2 is 2.10 bits per heavy atom. The van der Waals surface area contributed by atoms with Gasteiger partial charge in [0.1, 0.15) is 0 Å². The highest BCUT2D eigenvalue weighted by molar-refractivity contribution is 6.30. The normalized spacial score (nSPS) is 25.1. The van der Waals surface area contributed by atoms with E-state index < -0.39 is 0 Å². The zero-order chi connectivity index (χ0) is 14.4. The highest BCUT2D eigenvalue weighted by Crippen LogP contribution is 2.28. The summed E-state index contributed by atoms with van der Waals surface area (Å²) < 4.78 is 0. The number of hydrogen-bond acceptors (Lipinski definition) is 1. The van der Waals surface area contributed by atoms with Gasteiger partial charge < -0.3 is 5.32 Å². The molecule has 0 spiro atoms. The monoisotopic (exact) mass is 293 g/mol. The second-order valence-electron chi connectivity index (χ2n) is 6.30. The predicted molar refractivity (Wildman–Crippen MR) is 88.3 cm³/mol. The molecule has 1 aliphatic rings. The highest BCUT2D eigenvalue weighted by atomic mass is 35.5. The molecule has 1 fully saturated rings. The summed E-state index contributed by atoms with van der Waals surface area (Å²) in [5.41, 5.74) is 1.30. The van der Waals surface area contributed by atoms with Crippen molar-refractivity contribution in [1.29, 1.82) is 0 Å². The van der Waals surface area contributed by atoms with Crippen molar-refractivity contribution in [2.45, 2.75) is 70.9 Å². The Morgan fingerprint density at radius 3 is 2.85 bits per heavy atom. The second kappa shape index (κ2) is 8.05. The molecule has 0 saturated heterocycles. The molecule has 0 radical (unpaired) electrons. The zero-order valence-electron chi connectivity index (χ0n) is 12.9. The third-order valence-electron chi connectivity index (χ3n) is 4.62. The Bertz CT molecular complexity index is 404. The van der Waals surface area contributed by atoms with Crippen LogP contribution in [-0.4, -0.2) is 6.04 Å². The maximum Gasteiger partial charge on any atom is 0.0409 e. The first-order valence-corrected chi connectivity index (χ1v) is 8.58. The molecule has 1 saturated carbocycles. The summed E-state index contributed by atoms with van der Waals surface area (Å²) in [5, 5.41) is 4.64. The molecule has 0 aliphatic heterocycles. The number of benzene rings is 1. The van der Waals surface area contributed by atoms with E-state index in [-0.39, 0.29) is 0 Å². The lowest BCUT2D eigenvalue weighted by molar-refractivity contribution is 0.393. The van der Waals surface area contributed by atoms with Crippen LogP contribution in [0.4, 0.5) is 0 Å². The molecule has 2 heteroatoms. The summed E-state index contributed by atoms with van der Waals surface area (Å²) in [6.45, 7) is 4.56. The summed E-state index contributed by atoms with van der Waals surface area (Å²) in [4.78, 5) is 0. The fraction of sp³-hybridized carbons (Fsp3) is 0.667. The van der Waals surface area contributed by atoms with E-state index in [1.54, 1.807) is 0 Å². The summed E-state index contributed by atoms with van der Waals surface area (Å²) in [5.74, 6) is 0.966. The van der Waals surface area contributed by atoms with Gasteiger partial charge in [0, 0.05) is 17.1 Å². The van der Waals surface area contributed by atoms with Gasteiger partial charge in [0.15, 0.2) is 0 Å². The zero-order valence-corrected chi connectivity index (χ0v) is 13.6. The fourth-order valence-electron chi connectivity index (χ4n) is 3.47. The van der Waals surface area contributed by atoms with Crippen LogP contribution in [0.5, 0.6) is 0 Å². The van der Waals surface area contributed by atoms with E-state index in [1.165, 1.54) is 50.5 Å². The minimum Gasteiger partial charge on any atom is -0.307 e. The molecular formula is C18H28ClN. The van der Waals surface area contributed by atoms with Crippen LogP contribution in [0.3, 0.4) is 0 Å². The third kappa shape index (κ3) is 4.79. The van der Waals surface area contributed by atoms with Gasteiger partial charge in [-0.3, -0.25) is 0 Å². The molecule has 2 rings (SSSR count). The molecule has 0 bridgehead atoms. The Morgan fingerprint density at radius 1 is 1.25 bits per heavy atom. The van der Waals surface area contributed by atoms with Crippen LogP contribution in [0, 0.1) is 5.92 Å². The second-order valence-corrected chi connectivity index (χ2v) is 6.74. The van der Waals surface area contributed by atoms with E-state index >= 15 is 0 Å². The van der Waals surface area contributed by atoms with E-state index in [2.05, 4.69) is 31.3 Å². The van der Waals surface area contributed by atoms with Gasteiger partial charge in [-0.05, 0) is 49.8 Å². The first-order valence-electron chi connectivity index (χ1n) is 8.20. The van der Waals surface area contributed by atoms with E-state index in [9.17, 15) is 0 Å². The van der Waals surface area contributed by atoms with Crippen molar-refractivity contribution in [3.8, 4) is 0 Å². The lowest BCUT2D eigenvalue weighted by atomic mass is 9.95. The maximum absolute atomic E-state index is 6.08. The first-order chi connectivity index (χ1) is 9.69. The van der Waals surface area contributed by atoms with Crippen molar-refractivity contribution in [2.75, 3.05) is 0 Å². The quantitative estimate of drug-likeness (QED) is 0.683. The van der Waals surface area contributed by atoms with E-state index in [4.69, 9.17) is 11.6 Å². The van der Waals surface area contributed by atoms with Gasteiger partial charge in [-0.2, -0.15) is 0 Å². The molecule has 20 heavy (non-hydrogen) atoms. The Balaban J connectivity index is 1.86. The van der Waals surface area contributed by atoms with Gasteiger partial charge >= 0.3 is 0 Å². The molecule has 2 unspecified atom stereocenters. The van der Waals surface area contributed by atoms with E-state index in [1.807, 2.05) is 12.1 Å². The molecule has 1 aliphatic carbocycles. The molecule has 1 aromatic carbocycles. The Labute approximate surface area is 129 Å². The largest absolute Gasteiger partial charge is 0.307 e. The van der Waals surface area contributed by atoms with E-state index in [0.29, 0.717) is 12.1 Å². The van der Waals surface area contributed by atoms with Crippen LogP contribution in [0.25, 0.3) is 0 Å². The average molecular weight is 294 g/mol. The number of rotatable bonds is 5. The van der Waals surface area contributed by atoms with Gasteiger partial charge in [-0.25, -0.2) is 0 Å². The van der Waals surface area contributed by atoms with Gasteiger partial charge in [-0.1, -0.05) is 56.3 Å². The van der Waals surface area contributed by atoms with Crippen molar-refractivity contribution in [3.05, 3.63) is 34.9 Å². The van der Waals surface area contributed by atoms with Crippen LogP contribution in [0.1, 0.15) is 70.4 Å². The van der Waals surface area contributed by atoms with Crippen molar-refractivity contribution in [1.82, 2.24) is 5.32 Å². The molecule has 0 aromatic heterocycles. The van der Waals surface area contributed by atoms with Gasteiger partial charge in [0.05, 0.1) is 0 Å². The summed E-state index contributed by atoms with van der Waals surface area (Å²) in [6, 6.07) is 9.29. The van der Waals surface area contributed by atoms with Crippen LogP contribution in [0.15, 0.2) is 24.3 Å². The molecular weight excluding hydrogens is 266 g/mol. The topological polar surface area (TPSA) is 12.0 Å². The minimum absolute atomic E-state index is 0.390. The molecule has 112 valence electrons. The maximum atomic E-state index is 6.08. The third-order valence-corrected chi connectivity index (χ3v) is 4.85. The summed E-state index contributed by atoms with van der Waals surface area (Å²) in [7, 11) is 0. The van der Waals surface area contributed by atoms with Crippen molar-refractivity contribution in [3.63, 3.8) is 0 Å². The first kappa shape index (κ1) is 15.9. The standard InChI is InChI=1S/C18H28ClN/c1-3-6-15-7-4-10-18(12-11-15)20-14(2)16-8-5-9-17(19)13-16/h5,8-9,13-15,18,20H,3-4,6-7,10-12H2,1-2H3/t14-,15?,18?/m1/s1.